The molecule has 0 bridgehead atoms. The normalized spacial score (nSPS) is 13.5. The van der Waals surface area contributed by atoms with Crippen LogP contribution in [-0.2, 0) is 16.0 Å². The number of hydrogen-bond acceptors (Lipinski definition) is 3. The van der Waals surface area contributed by atoms with E-state index in [1.165, 1.54) is 12.0 Å². The minimum Gasteiger partial charge on any atom is -0.385 e. The molecule has 0 saturated carbocycles. The second kappa shape index (κ2) is 7.14. The van der Waals surface area contributed by atoms with Crippen LogP contribution in [-0.4, -0.2) is 25.7 Å². The van der Waals surface area contributed by atoms with Gasteiger partial charge in [0.1, 0.15) is 0 Å². The zero-order chi connectivity index (χ0) is 13.5. The molecule has 0 fully saturated rings. The Balaban J connectivity index is 1.83. The van der Waals surface area contributed by atoms with Crippen molar-refractivity contribution < 1.29 is 9.53 Å². The van der Waals surface area contributed by atoms with Crippen LogP contribution in [0.2, 0.25) is 0 Å². The lowest BCUT2D eigenvalue weighted by Gasteiger charge is -2.18. The van der Waals surface area contributed by atoms with Crippen molar-refractivity contribution in [3.05, 3.63) is 23.8 Å². The van der Waals surface area contributed by atoms with E-state index >= 15 is 0 Å². The standard InChI is InChI=1S/C15H22N2O2/c1-2-19-10-4-6-15(18)17-13-8-7-12-5-3-9-16-14(12)11-13/h7-8,11,16H,2-6,9-10H2,1H3,(H,17,18). The first kappa shape index (κ1) is 13.9. The second-order valence-corrected chi connectivity index (χ2v) is 4.75. The van der Waals surface area contributed by atoms with Gasteiger partial charge in [0.25, 0.3) is 0 Å². The Morgan fingerprint density at radius 3 is 3.21 bits per heavy atom. The van der Waals surface area contributed by atoms with Gasteiger partial charge in [-0.3, -0.25) is 4.79 Å². The SMILES string of the molecule is CCOCCCC(=O)Nc1ccc2c(c1)NCCC2. The largest absolute Gasteiger partial charge is 0.385 e. The second-order valence-electron chi connectivity index (χ2n) is 4.75. The molecule has 0 unspecified atom stereocenters. The van der Waals surface area contributed by atoms with Crippen molar-refractivity contribution >= 4 is 17.3 Å². The molecule has 0 saturated heterocycles. The fourth-order valence-corrected chi connectivity index (χ4v) is 2.24. The van der Waals surface area contributed by atoms with E-state index in [0.29, 0.717) is 19.6 Å². The molecule has 2 rings (SSSR count). The molecular weight excluding hydrogens is 240 g/mol. The number of amides is 1. The number of carbonyl (C=O) groups is 1. The summed E-state index contributed by atoms with van der Waals surface area (Å²) < 4.78 is 5.22. The molecule has 1 aromatic carbocycles. The van der Waals surface area contributed by atoms with E-state index in [2.05, 4.69) is 16.7 Å². The van der Waals surface area contributed by atoms with Gasteiger partial charge in [-0.15, -0.1) is 0 Å². The van der Waals surface area contributed by atoms with Gasteiger partial charge in [-0.05, 0) is 43.9 Å². The van der Waals surface area contributed by atoms with E-state index < -0.39 is 0 Å². The molecule has 1 aliphatic heterocycles. The van der Waals surface area contributed by atoms with Crippen molar-refractivity contribution in [1.29, 1.82) is 0 Å². The van der Waals surface area contributed by atoms with Crippen molar-refractivity contribution in [1.82, 2.24) is 0 Å². The Morgan fingerprint density at radius 1 is 1.47 bits per heavy atom. The third kappa shape index (κ3) is 4.24. The minimum absolute atomic E-state index is 0.0514. The fourth-order valence-electron chi connectivity index (χ4n) is 2.24. The Bertz CT molecular complexity index is 432. The van der Waals surface area contributed by atoms with Crippen molar-refractivity contribution in [2.45, 2.75) is 32.6 Å². The number of rotatable bonds is 6. The van der Waals surface area contributed by atoms with Crippen LogP contribution in [0.4, 0.5) is 11.4 Å². The van der Waals surface area contributed by atoms with Gasteiger partial charge >= 0.3 is 0 Å². The average Bonchev–Trinajstić information content (AvgIpc) is 2.43. The van der Waals surface area contributed by atoms with E-state index in [4.69, 9.17) is 4.74 Å². The highest BCUT2D eigenvalue weighted by molar-refractivity contribution is 5.91. The summed E-state index contributed by atoms with van der Waals surface area (Å²) >= 11 is 0. The minimum atomic E-state index is 0.0514. The molecule has 1 aromatic rings. The molecule has 1 aliphatic rings. The van der Waals surface area contributed by atoms with Gasteiger partial charge in [-0.25, -0.2) is 0 Å². The van der Waals surface area contributed by atoms with E-state index in [0.717, 1.165) is 30.8 Å². The van der Waals surface area contributed by atoms with E-state index in [1.807, 2.05) is 19.1 Å². The van der Waals surface area contributed by atoms with Crippen LogP contribution in [0.1, 0.15) is 31.7 Å². The number of carbonyl (C=O) groups excluding carboxylic acids is 1. The lowest BCUT2D eigenvalue weighted by Crippen LogP contribution is -2.15. The van der Waals surface area contributed by atoms with E-state index in [9.17, 15) is 4.79 Å². The number of anilines is 2. The van der Waals surface area contributed by atoms with Gasteiger partial charge in [0.15, 0.2) is 0 Å². The van der Waals surface area contributed by atoms with Crippen LogP contribution in [0, 0.1) is 0 Å². The maximum atomic E-state index is 11.8. The lowest BCUT2D eigenvalue weighted by atomic mass is 10.0. The summed E-state index contributed by atoms with van der Waals surface area (Å²) in [6, 6.07) is 6.10. The maximum Gasteiger partial charge on any atom is 0.224 e. The Hall–Kier alpha value is -1.55. The van der Waals surface area contributed by atoms with Crippen molar-refractivity contribution in [3.63, 3.8) is 0 Å². The first-order chi connectivity index (χ1) is 9.29. The molecule has 0 radical (unpaired) electrons. The van der Waals surface area contributed by atoms with Crippen molar-refractivity contribution in [2.75, 3.05) is 30.4 Å². The number of hydrogen-bond donors (Lipinski definition) is 2. The smallest absolute Gasteiger partial charge is 0.224 e. The van der Waals surface area contributed by atoms with E-state index in [-0.39, 0.29) is 5.91 Å². The Kier molecular flexibility index (Phi) is 5.21. The maximum absolute atomic E-state index is 11.8. The highest BCUT2D eigenvalue weighted by atomic mass is 16.5. The molecule has 0 aromatic heterocycles. The summed E-state index contributed by atoms with van der Waals surface area (Å²) in [6.45, 7) is 4.33. The molecule has 1 heterocycles. The number of aryl methyl sites for hydroxylation is 1. The van der Waals surface area contributed by atoms with Crippen molar-refractivity contribution in [2.24, 2.45) is 0 Å². The summed E-state index contributed by atoms with van der Waals surface area (Å²) in [5, 5.41) is 6.30. The van der Waals surface area contributed by atoms with Crippen LogP contribution in [0.5, 0.6) is 0 Å². The third-order valence-corrected chi connectivity index (χ3v) is 3.23. The monoisotopic (exact) mass is 262 g/mol. The van der Waals surface area contributed by atoms with Crippen LogP contribution in [0.15, 0.2) is 18.2 Å². The van der Waals surface area contributed by atoms with Crippen LogP contribution in [0.3, 0.4) is 0 Å². The molecule has 2 N–H and O–H groups in total. The van der Waals surface area contributed by atoms with Crippen LogP contribution in [0.25, 0.3) is 0 Å². The first-order valence-corrected chi connectivity index (χ1v) is 7.04. The van der Waals surface area contributed by atoms with Gasteiger partial charge in [0, 0.05) is 37.6 Å². The summed E-state index contributed by atoms with van der Waals surface area (Å²) in [4.78, 5) is 11.8. The summed E-state index contributed by atoms with van der Waals surface area (Å²) in [5.74, 6) is 0.0514. The Labute approximate surface area is 114 Å². The summed E-state index contributed by atoms with van der Waals surface area (Å²) in [7, 11) is 0. The van der Waals surface area contributed by atoms with Crippen molar-refractivity contribution in [3.8, 4) is 0 Å². The summed E-state index contributed by atoms with van der Waals surface area (Å²) in [6.07, 6.45) is 3.56. The van der Waals surface area contributed by atoms with Gasteiger partial charge in [0.2, 0.25) is 5.91 Å². The summed E-state index contributed by atoms with van der Waals surface area (Å²) in [5.41, 5.74) is 3.36. The molecule has 0 atom stereocenters. The van der Waals surface area contributed by atoms with Gasteiger partial charge in [-0.2, -0.15) is 0 Å². The highest BCUT2D eigenvalue weighted by Crippen LogP contribution is 2.25. The molecule has 104 valence electrons. The topological polar surface area (TPSA) is 50.4 Å². The number of fused-ring (bicyclic) bond motifs is 1. The predicted molar refractivity (Wildman–Crippen MR) is 77.6 cm³/mol. The van der Waals surface area contributed by atoms with Gasteiger partial charge in [-0.1, -0.05) is 6.07 Å². The number of nitrogens with one attached hydrogen (secondary N) is 2. The van der Waals surface area contributed by atoms with Gasteiger partial charge in [0.05, 0.1) is 0 Å². The molecule has 0 spiro atoms. The molecule has 4 heteroatoms. The van der Waals surface area contributed by atoms with Crippen LogP contribution < -0.4 is 10.6 Å². The average molecular weight is 262 g/mol. The fraction of sp³-hybridized carbons (Fsp3) is 0.533. The zero-order valence-corrected chi connectivity index (χ0v) is 11.5. The Morgan fingerprint density at radius 2 is 2.37 bits per heavy atom. The molecule has 19 heavy (non-hydrogen) atoms. The number of ether oxygens (including phenoxy) is 1. The number of benzene rings is 1. The predicted octanol–water partition coefficient (Wildman–Crippen LogP) is 2.80. The molecular formula is C15H22N2O2. The third-order valence-electron chi connectivity index (χ3n) is 3.23. The van der Waals surface area contributed by atoms with Gasteiger partial charge < -0.3 is 15.4 Å². The molecule has 4 nitrogen and oxygen atoms in total. The first-order valence-electron chi connectivity index (χ1n) is 7.04. The molecule has 0 aliphatic carbocycles. The quantitative estimate of drug-likeness (QED) is 0.775. The van der Waals surface area contributed by atoms with Crippen LogP contribution >= 0.6 is 0 Å². The zero-order valence-electron chi connectivity index (χ0n) is 11.5. The molecule has 1 amide bonds. The van der Waals surface area contributed by atoms with E-state index in [1.54, 1.807) is 0 Å². The highest BCUT2D eigenvalue weighted by Gasteiger charge is 2.09. The lowest BCUT2D eigenvalue weighted by molar-refractivity contribution is -0.116.